The van der Waals surface area contributed by atoms with Crippen molar-refractivity contribution in [2.45, 2.75) is 0 Å². The van der Waals surface area contributed by atoms with Crippen LogP contribution >= 0.6 is 7.26 Å². The summed E-state index contributed by atoms with van der Waals surface area (Å²) in [6, 6.07) is 39.6. The zero-order chi connectivity index (χ0) is 21.3. The highest BCUT2D eigenvalue weighted by Crippen LogP contribution is 2.55. The van der Waals surface area contributed by atoms with Crippen molar-refractivity contribution in [3.8, 4) is 5.75 Å². The highest BCUT2D eigenvalue weighted by molar-refractivity contribution is 8.01. The fourth-order valence-corrected chi connectivity index (χ4v) is 8.98. The predicted molar refractivity (Wildman–Crippen MR) is 134 cm³/mol. The molecule has 0 radical (unpaired) electrons. The maximum atomic E-state index is 5.48. The molecule has 31 heavy (non-hydrogen) atoms. The number of nitrogens with zero attached hydrogens (tertiary/aromatic N) is 1. The van der Waals surface area contributed by atoms with Crippen molar-refractivity contribution in [1.29, 1.82) is 0 Å². The summed E-state index contributed by atoms with van der Waals surface area (Å²) >= 11 is 0. The normalized spacial score (nSPS) is 11.5. The molecule has 0 N–H and O–H groups in total. The molecule has 0 amide bonds. The van der Waals surface area contributed by atoms with Gasteiger partial charge in [-0.1, -0.05) is 42.5 Å². The lowest BCUT2D eigenvalue weighted by atomic mass is 10.2. The number of fused-ring (bicyclic) bond motifs is 1. The van der Waals surface area contributed by atoms with Gasteiger partial charge in [-0.3, -0.25) is 0 Å². The maximum Gasteiger partial charge on any atom is 0.145 e. The van der Waals surface area contributed by atoms with E-state index < -0.39 is 7.26 Å². The lowest BCUT2D eigenvalue weighted by molar-refractivity contribution is 0.415. The third kappa shape index (κ3) is 3.15. The van der Waals surface area contributed by atoms with Crippen LogP contribution in [-0.4, -0.2) is 11.7 Å². The monoisotopic (exact) mass is 422 g/mol. The fourth-order valence-electron chi connectivity index (χ4n) is 4.55. The van der Waals surface area contributed by atoms with Crippen LogP contribution in [0.5, 0.6) is 5.75 Å². The topological polar surface area (TPSA) is 14.2 Å². The van der Waals surface area contributed by atoms with Crippen LogP contribution in [0.3, 0.4) is 0 Å². The molecular weight excluding hydrogens is 397 g/mol. The summed E-state index contributed by atoms with van der Waals surface area (Å²) in [7, 11) is 1.70. The van der Waals surface area contributed by atoms with Gasteiger partial charge in [0, 0.05) is 18.6 Å². The van der Waals surface area contributed by atoms with Gasteiger partial charge in [0.1, 0.15) is 34.2 Å². The first-order valence-corrected chi connectivity index (χ1v) is 12.2. The largest absolute Gasteiger partial charge is 0.497 e. The Morgan fingerprint density at radius 3 is 1.77 bits per heavy atom. The number of rotatable bonds is 5. The van der Waals surface area contributed by atoms with Gasteiger partial charge in [-0.15, -0.1) is 0 Å². The lowest BCUT2D eigenvalue weighted by Crippen LogP contribution is -2.38. The number of aromatic nitrogens is 1. The molecule has 0 spiro atoms. The SMILES string of the molecule is COc1ccc([P+](c2ccccc2)(c2ccccc2)c2cccc3c2ccn3C)cc1. The first-order chi connectivity index (χ1) is 15.2. The molecule has 0 fully saturated rings. The van der Waals surface area contributed by atoms with Gasteiger partial charge < -0.3 is 9.30 Å². The lowest BCUT2D eigenvalue weighted by Gasteiger charge is -2.28. The molecule has 0 saturated carbocycles. The molecule has 152 valence electrons. The third-order valence-electron chi connectivity index (χ3n) is 6.01. The van der Waals surface area contributed by atoms with Crippen molar-refractivity contribution in [3.05, 3.63) is 115 Å². The minimum absolute atomic E-state index is 0.876. The number of methoxy groups -OCH3 is 1. The molecule has 1 heterocycles. The highest BCUT2D eigenvalue weighted by Gasteiger charge is 2.48. The van der Waals surface area contributed by atoms with Gasteiger partial charge in [-0.05, 0) is 66.7 Å². The number of hydrogen-bond donors (Lipinski definition) is 0. The standard InChI is InChI=1S/C28H25NOP/c1-29-21-20-26-27(29)14-9-15-28(26)31(23-10-5-3-6-11-23,24-12-7-4-8-13-24)25-18-16-22(30-2)17-19-25/h3-21H,1-2H3/q+1. The fraction of sp³-hybridized carbons (Fsp3) is 0.0714. The zero-order valence-electron chi connectivity index (χ0n) is 17.8. The molecule has 3 heteroatoms. The van der Waals surface area contributed by atoms with Crippen LogP contribution in [0.25, 0.3) is 10.9 Å². The van der Waals surface area contributed by atoms with Crippen molar-refractivity contribution in [2.75, 3.05) is 7.11 Å². The minimum Gasteiger partial charge on any atom is -0.497 e. The van der Waals surface area contributed by atoms with E-state index in [1.165, 1.54) is 32.1 Å². The molecular formula is C28H25NOP+. The minimum atomic E-state index is -2.14. The molecule has 0 bridgehead atoms. The number of ether oxygens (including phenoxy) is 1. The molecule has 2 nitrogen and oxygen atoms in total. The first-order valence-electron chi connectivity index (χ1n) is 10.4. The zero-order valence-corrected chi connectivity index (χ0v) is 18.7. The Balaban J connectivity index is 1.95. The predicted octanol–water partition coefficient (Wildman–Crippen LogP) is 4.81. The molecule has 5 aromatic rings. The summed E-state index contributed by atoms with van der Waals surface area (Å²) in [5.41, 5.74) is 1.25. The van der Waals surface area contributed by atoms with E-state index in [4.69, 9.17) is 4.74 Å². The van der Waals surface area contributed by atoms with Crippen LogP contribution in [0.4, 0.5) is 0 Å². The third-order valence-corrected chi connectivity index (χ3v) is 10.3. The molecule has 0 unspecified atom stereocenters. The average Bonchev–Trinajstić information content (AvgIpc) is 3.23. The van der Waals surface area contributed by atoms with Crippen molar-refractivity contribution >= 4 is 39.4 Å². The van der Waals surface area contributed by atoms with Crippen LogP contribution in [0, 0.1) is 0 Å². The van der Waals surface area contributed by atoms with Crippen molar-refractivity contribution in [3.63, 3.8) is 0 Å². The molecule has 0 aliphatic rings. The molecule has 0 aliphatic heterocycles. The molecule has 1 aromatic heterocycles. The van der Waals surface area contributed by atoms with Gasteiger partial charge in [0.2, 0.25) is 0 Å². The Bertz CT molecular complexity index is 1270. The van der Waals surface area contributed by atoms with E-state index >= 15 is 0 Å². The van der Waals surface area contributed by atoms with Crippen molar-refractivity contribution < 1.29 is 4.74 Å². The van der Waals surface area contributed by atoms with Crippen LogP contribution in [-0.2, 0) is 7.05 Å². The first kappa shape index (κ1) is 19.6. The number of aryl methyl sites for hydroxylation is 1. The summed E-state index contributed by atoms with van der Waals surface area (Å²) in [5.74, 6) is 0.876. The smallest absolute Gasteiger partial charge is 0.145 e. The second kappa shape index (κ2) is 8.06. The second-order valence-corrected chi connectivity index (χ2v) is 11.0. The van der Waals surface area contributed by atoms with E-state index in [1.807, 2.05) is 0 Å². The van der Waals surface area contributed by atoms with Crippen LogP contribution in [0.2, 0.25) is 0 Å². The second-order valence-electron chi connectivity index (χ2n) is 7.68. The van der Waals surface area contributed by atoms with E-state index in [9.17, 15) is 0 Å². The Hall–Kier alpha value is -3.35. The van der Waals surface area contributed by atoms with Gasteiger partial charge >= 0.3 is 0 Å². The van der Waals surface area contributed by atoms with Gasteiger partial charge in [-0.25, -0.2) is 0 Å². The van der Waals surface area contributed by atoms with E-state index in [-0.39, 0.29) is 0 Å². The number of benzene rings is 4. The Morgan fingerprint density at radius 2 is 1.19 bits per heavy atom. The van der Waals surface area contributed by atoms with Crippen molar-refractivity contribution in [2.24, 2.45) is 7.05 Å². The summed E-state index contributed by atoms with van der Waals surface area (Å²) in [5, 5.41) is 6.71. The summed E-state index contributed by atoms with van der Waals surface area (Å²) in [4.78, 5) is 0. The van der Waals surface area contributed by atoms with E-state index in [0.29, 0.717) is 0 Å². The van der Waals surface area contributed by atoms with E-state index in [1.54, 1.807) is 7.11 Å². The Labute approximate surface area is 184 Å². The summed E-state index contributed by atoms with van der Waals surface area (Å²) in [6.07, 6.45) is 2.16. The summed E-state index contributed by atoms with van der Waals surface area (Å²) < 4.78 is 7.69. The van der Waals surface area contributed by atoms with Crippen molar-refractivity contribution in [1.82, 2.24) is 4.57 Å². The van der Waals surface area contributed by atoms with Crippen LogP contribution in [0.15, 0.2) is 115 Å². The van der Waals surface area contributed by atoms with Gasteiger partial charge in [0.25, 0.3) is 0 Å². The number of hydrogen-bond acceptors (Lipinski definition) is 1. The molecule has 0 aliphatic carbocycles. The van der Waals surface area contributed by atoms with Crippen LogP contribution in [0.1, 0.15) is 0 Å². The van der Waals surface area contributed by atoms with Crippen LogP contribution < -0.4 is 26.0 Å². The Kier molecular flexibility index (Phi) is 5.10. The summed E-state index contributed by atoms with van der Waals surface area (Å²) in [6.45, 7) is 0. The molecule has 0 atom stereocenters. The molecule has 5 rings (SSSR count). The van der Waals surface area contributed by atoms with E-state index in [2.05, 4.69) is 127 Å². The Morgan fingerprint density at radius 1 is 0.613 bits per heavy atom. The van der Waals surface area contributed by atoms with Gasteiger partial charge in [-0.2, -0.15) is 0 Å². The van der Waals surface area contributed by atoms with E-state index in [0.717, 1.165) is 5.75 Å². The molecule has 4 aromatic carbocycles. The maximum absolute atomic E-state index is 5.48. The van der Waals surface area contributed by atoms with Gasteiger partial charge in [0.05, 0.1) is 12.6 Å². The van der Waals surface area contributed by atoms with Gasteiger partial charge in [0.15, 0.2) is 0 Å². The quantitative estimate of drug-likeness (QED) is 0.371. The molecule has 0 saturated heterocycles. The highest BCUT2D eigenvalue weighted by atomic mass is 31.2. The average molecular weight is 422 g/mol.